The molecule has 4 aromatic heterocycles. The summed E-state index contributed by atoms with van der Waals surface area (Å²) in [5, 5.41) is 4.26. The van der Waals surface area contributed by atoms with Crippen LogP contribution < -0.4 is 0 Å². The van der Waals surface area contributed by atoms with Crippen LogP contribution in [-0.4, -0.2) is 34.9 Å². The molecule has 0 amide bonds. The smallest absolute Gasteiger partial charge is 0.116 e. The highest BCUT2D eigenvalue weighted by Gasteiger charge is 2.15. The van der Waals surface area contributed by atoms with E-state index in [2.05, 4.69) is 94.2 Å². The van der Waals surface area contributed by atoms with Crippen molar-refractivity contribution in [3.05, 3.63) is 78.9 Å². The van der Waals surface area contributed by atoms with Crippen molar-refractivity contribution in [2.45, 2.75) is 33.1 Å². The first-order chi connectivity index (χ1) is 18.1. The fourth-order valence-electron chi connectivity index (χ4n) is 5.05. The molecule has 7 nitrogen and oxygen atoms in total. The first-order valence-corrected chi connectivity index (χ1v) is 12.6. The predicted octanol–water partition coefficient (Wildman–Crippen LogP) is 6.95. The lowest BCUT2D eigenvalue weighted by Crippen LogP contribution is -1.90. The molecule has 3 aromatic carbocycles. The molecule has 0 aliphatic carbocycles. The van der Waals surface area contributed by atoms with Gasteiger partial charge in [-0.05, 0) is 29.7 Å². The molecular weight excluding hydrogens is 458 g/mol. The molecule has 0 atom stereocenters. The van der Waals surface area contributed by atoms with Crippen LogP contribution in [0.3, 0.4) is 0 Å². The van der Waals surface area contributed by atoms with Crippen molar-refractivity contribution < 1.29 is 0 Å². The van der Waals surface area contributed by atoms with Crippen molar-refractivity contribution in [2.24, 2.45) is 0 Å². The Morgan fingerprint density at radius 1 is 0.784 bits per heavy atom. The van der Waals surface area contributed by atoms with Crippen molar-refractivity contribution >= 4 is 43.6 Å². The normalized spacial score (nSPS) is 12.0. The summed E-state index contributed by atoms with van der Waals surface area (Å²) in [7, 11) is 0. The van der Waals surface area contributed by atoms with Crippen molar-refractivity contribution in [1.82, 2.24) is 34.9 Å². The van der Waals surface area contributed by atoms with Gasteiger partial charge in [-0.1, -0.05) is 45.0 Å². The molecule has 180 valence electrons. The molecule has 7 heteroatoms. The van der Waals surface area contributed by atoms with Gasteiger partial charge in [0.2, 0.25) is 0 Å². The quantitative estimate of drug-likeness (QED) is 0.264. The third-order valence-electron chi connectivity index (χ3n) is 7.04. The Hall–Kier alpha value is -4.65. The van der Waals surface area contributed by atoms with E-state index in [1.807, 2.05) is 12.4 Å². The van der Waals surface area contributed by atoms with E-state index in [4.69, 9.17) is 9.97 Å². The summed E-state index contributed by atoms with van der Waals surface area (Å²) < 4.78 is 0. The van der Waals surface area contributed by atoms with Gasteiger partial charge in [-0.25, -0.2) is 24.9 Å². The third-order valence-corrected chi connectivity index (χ3v) is 7.04. The maximum atomic E-state index is 5.00. The van der Waals surface area contributed by atoms with Gasteiger partial charge in [0.15, 0.2) is 0 Å². The number of benzene rings is 3. The van der Waals surface area contributed by atoms with Gasteiger partial charge in [0.05, 0.1) is 39.7 Å². The molecule has 0 aliphatic rings. The molecule has 7 rings (SSSR count). The Morgan fingerprint density at radius 3 is 2.51 bits per heavy atom. The summed E-state index contributed by atoms with van der Waals surface area (Å²) in [5.74, 6) is 2.32. The molecular formula is C30H25N7. The van der Waals surface area contributed by atoms with Crippen LogP contribution in [0, 0.1) is 0 Å². The number of aryl methyl sites for hydroxylation is 1. The van der Waals surface area contributed by atoms with Crippen LogP contribution in [0.5, 0.6) is 0 Å². The molecule has 0 bridgehead atoms. The Morgan fingerprint density at radius 2 is 1.68 bits per heavy atom. The van der Waals surface area contributed by atoms with Crippen LogP contribution in [-0.2, 0) is 6.42 Å². The van der Waals surface area contributed by atoms with Gasteiger partial charge in [-0.3, -0.25) is 0 Å². The first kappa shape index (κ1) is 21.6. The van der Waals surface area contributed by atoms with Gasteiger partial charge in [0, 0.05) is 45.8 Å². The van der Waals surface area contributed by atoms with E-state index in [1.54, 1.807) is 6.33 Å². The molecule has 7 aromatic rings. The van der Waals surface area contributed by atoms with Crippen molar-refractivity contribution in [1.29, 1.82) is 0 Å². The summed E-state index contributed by atoms with van der Waals surface area (Å²) in [6.45, 7) is 6.37. The topological polar surface area (TPSA) is 96.0 Å². The molecule has 0 radical (unpaired) electrons. The van der Waals surface area contributed by atoms with Crippen LogP contribution in [0.25, 0.3) is 66.1 Å². The number of nitrogens with zero attached hydrogens (tertiary/aromatic N) is 5. The average molecular weight is 484 g/mol. The second kappa shape index (κ2) is 8.20. The number of aromatic nitrogens is 7. The molecule has 0 saturated heterocycles. The molecule has 0 unspecified atom stereocenters. The number of nitrogens with one attached hydrogen (secondary N) is 2. The summed E-state index contributed by atoms with van der Waals surface area (Å²) in [6, 6.07) is 17.0. The fourth-order valence-corrected chi connectivity index (χ4v) is 5.05. The van der Waals surface area contributed by atoms with Gasteiger partial charge in [-0.15, -0.1) is 0 Å². The molecule has 0 aliphatic heterocycles. The van der Waals surface area contributed by atoms with E-state index in [9.17, 15) is 0 Å². The largest absolute Gasteiger partial charge is 0.342 e. The van der Waals surface area contributed by atoms with Gasteiger partial charge in [-0.2, -0.15) is 0 Å². The maximum absolute atomic E-state index is 5.00. The van der Waals surface area contributed by atoms with Crippen molar-refractivity contribution in [3.63, 3.8) is 0 Å². The number of hydrogen-bond donors (Lipinski definition) is 2. The fraction of sp³-hybridized carbons (Fsp3) is 0.167. The molecule has 0 saturated carbocycles. The van der Waals surface area contributed by atoms with Gasteiger partial charge in [0.25, 0.3) is 0 Å². The second-order valence-electron chi connectivity index (χ2n) is 9.75. The minimum absolute atomic E-state index is 0.363. The number of aromatic amines is 2. The molecule has 37 heavy (non-hydrogen) atoms. The lowest BCUT2D eigenvalue weighted by molar-refractivity contribution is 0.795. The monoisotopic (exact) mass is 483 g/mol. The zero-order chi connectivity index (χ0) is 25.1. The zero-order valence-corrected chi connectivity index (χ0v) is 20.9. The van der Waals surface area contributed by atoms with Gasteiger partial charge in [0.1, 0.15) is 18.0 Å². The standard InChI is InChI=1S/C30H25N7/c1-4-26-36-28-20-8-5-19(12-21(20)22-13-31-15-33-27(22)29(28)37-26)24-9-6-17-11-18(7-10-23(17)34-24)25-14-32-30(35-25)16(2)3/h5-16H,4H2,1-3H3,(H,32,35)(H,36,37). The van der Waals surface area contributed by atoms with E-state index in [0.29, 0.717) is 5.92 Å². The van der Waals surface area contributed by atoms with Gasteiger partial charge >= 0.3 is 0 Å². The summed E-state index contributed by atoms with van der Waals surface area (Å²) in [4.78, 5) is 30.2. The lowest BCUT2D eigenvalue weighted by Gasteiger charge is -2.09. The highest BCUT2D eigenvalue weighted by molar-refractivity contribution is 6.22. The van der Waals surface area contributed by atoms with Crippen LogP contribution in [0.15, 0.2) is 67.3 Å². The maximum Gasteiger partial charge on any atom is 0.116 e. The SMILES string of the molecule is CCc1nc2c3ccc(-c4ccc5cc(-c6cnc(C(C)C)[nH]6)ccc5n4)cc3c3cncnc3c2[nH]1. The number of hydrogen-bond acceptors (Lipinski definition) is 5. The Kier molecular flexibility index (Phi) is 4.79. The molecule has 2 N–H and O–H groups in total. The van der Waals surface area contributed by atoms with Crippen molar-refractivity contribution in [3.8, 4) is 22.5 Å². The van der Waals surface area contributed by atoms with E-state index in [-0.39, 0.29) is 0 Å². The Labute approximate surface area is 213 Å². The second-order valence-corrected chi connectivity index (χ2v) is 9.75. The van der Waals surface area contributed by atoms with E-state index in [0.717, 1.165) is 84.2 Å². The number of fused-ring (bicyclic) bond motifs is 7. The third kappa shape index (κ3) is 3.46. The summed E-state index contributed by atoms with van der Waals surface area (Å²) in [6.07, 6.45) is 6.22. The first-order valence-electron chi connectivity index (χ1n) is 12.6. The Balaban J connectivity index is 1.35. The summed E-state index contributed by atoms with van der Waals surface area (Å²) >= 11 is 0. The van der Waals surface area contributed by atoms with Crippen LogP contribution in [0.2, 0.25) is 0 Å². The zero-order valence-electron chi connectivity index (χ0n) is 20.9. The minimum atomic E-state index is 0.363. The van der Waals surface area contributed by atoms with E-state index < -0.39 is 0 Å². The molecule has 0 fully saturated rings. The van der Waals surface area contributed by atoms with Crippen LogP contribution in [0.1, 0.15) is 38.3 Å². The lowest BCUT2D eigenvalue weighted by atomic mass is 9.99. The van der Waals surface area contributed by atoms with E-state index in [1.165, 1.54) is 0 Å². The van der Waals surface area contributed by atoms with E-state index >= 15 is 0 Å². The van der Waals surface area contributed by atoms with Crippen LogP contribution in [0.4, 0.5) is 0 Å². The number of rotatable bonds is 4. The molecule has 0 spiro atoms. The number of imidazole rings is 2. The summed E-state index contributed by atoms with van der Waals surface area (Å²) in [5.41, 5.74) is 7.85. The number of H-pyrrole nitrogens is 2. The Bertz CT molecular complexity index is 1960. The van der Waals surface area contributed by atoms with Crippen LogP contribution >= 0.6 is 0 Å². The predicted molar refractivity (Wildman–Crippen MR) is 148 cm³/mol. The number of pyridine rings is 1. The minimum Gasteiger partial charge on any atom is -0.342 e. The van der Waals surface area contributed by atoms with Gasteiger partial charge < -0.3 is 9.97 Å². The average Bonchev–Trinajstić information content (AvgIpc) is 3.61. The highest BCUT2D eigenvalue weighted by atomic mass is 14.9. The van der Waals surface area contributed by atoms with Crippen molar-refractivity contribution in [2.75, 3.05) is 0 Å². The molecule has 4 heterocycles. The highest BCUT2D eigenvalue weighted by Crippen LogP contribution is 2.35.